The van der Waals surface area contributed by atoms with Crippen LogP contribution in [0.15, 0.2) is 0 Å². The van der Waals surface area contributed by atoms with Gasteiger partial charge in [-0.25, -0.2) is 0 Å². The van der Waals surface area contributed by atoms with E-state index in [-0.39, 0.29) is 17.4 Å². The maximum Gasteiger partial charge on any atom is 3.00 e. The molecule has 0 aromatic heterocycles. The van der Waals surface area contributed by atoms with E-state index in [0.717, 1.165) is 0 Å². The van der Waals surface area contributed by atoms with Crippen molar-refractivity contribution in [3.63, 3.8) is 0 Å². The number of aliphatic carboxylic acids is 3. The number of rotatable bonds is 3. The van der Waals surface area contributed by atoms with Crippen LogP contribution in [-0.4, -0.2) is 51.4 Å². The molecule has 0 heterocycles. The second-order valence-corrected chi connectivity index (χ2v) is 4.77. The van der Waals surface area contributed by atoms with E-state index in [0.29, 0.717) is 0 Å². The minimum Gasteiger partial charge on any atom is -0.549 e. The van der Waals surface area contributed by atoms with Crippen LogP contribution in [0.5, 0.6) is 0 Å². The van der Waals surface area contributed by atoms with Gasteiger partial charge in [0.1, 0.15) is 0 Å². The van der Waals surface area contributed by atoms with Gasteiger partial charge in [0.05, 0.1) is 34.0 Å². The molecule has 10 heteroatoms. The Morgan fingerprint density at radius 2 is 0.737 bits per heavy atom. The molecule has 6 nitrogen and oxygen atoms in total. The molecule has 3 atom stereocenters. The van der Waals surface area contributed by atoms with Crippen molar-refractivity contribution in [3.8, 4) is 0 Å². The zero-order valence-electron chi connectivity index (χ0n) is 10.4. The summed E-state index contributed by atoms with van der Waals surface area (Å²) in [5, 5.41) is 25.8. The fourth-order valence-electron chi connectivity index (χ4n) is 0. The number of halogens is 3. The number of carbonyl (C=O) groups excluding carboxylic acids is 3. The van der Waals surface area contributed by atoms with Crippen LogP contribution in [0.1, 0.15) is 20.8 Å². The predicted octanol–water partition coefficient (Wildman–Crippen LogP) is -2.29. The summed E-state index contributed by atoms with van der Waals surface area (Å²) in [7, 11) is 0. The molecule has 0 saturated heterocycles. The molecule has 0 N–H and O–H groups in total. The molecule has 0 aliphatic carbocycles. The molecule has 0 aromatic rings. The van der Waals surface area contributed by atoms with Gasteiger partial charge < -0.3 is 29.7 Å². The Kier molecular flexibility index (Phi) is 22.7. The molecule has 0 bridgehead atoms. The zero-order valence-corrected chi connectivity index (χ0v) is 13.8. The van der Waals surface area contributed by atoms with Crippen LogP contribution in [0, 0.1) is 0 Å². The predicted molar refractivity (Wildman–Crippen MR) is 66.7 cm³/mol. The maximum absolute atomic E-state index is 9.46. The number of carboxylic acids is 3. The summed E-state index contributed by atoms with van der Waals surface area (Å²) in [5.41, 5.74) is 0. The second-order valence-electron chi connectivity index (χ2n) is 2.81. The molecule has 108 valence electrons. The van der Waals surface area contributed by atoms with Gasteiger partial charge in [-0.05, 0) is 20.8 Å². The summed E-state index contributed by atoms with van der Waals surface area (Å²) in [6.45, 7) is 4.03. The Morgan fingerprint density at radius 3 is 0.737 bits per heavy atom. The average Bonchev–Trinajstić information content (AvgIpc) is 2.18. The van der Waals surface area contributed by atoms with Crippen LogP contribution in [0.25, 0.3) is 0 Å². The Morgan fingerprint density at radius 1 is 0.684 bits per heavy atom. The van der Waals surface area contributed by atoms with Crippen LogP contribution in [-0.2, 0) is 14.4 Å². The number of alkyl halides is 3. The smallest absolute Gasteiger partial charge is 0.549 e. The zero-order chi connectivity index (χ0) is 15.5. The molecule has 0 saturated carbocycles. The Labute approximate surface area is 136 Å². The fourth-order valence-corrected chi connectivity index (χ4v) is 0. The summed E-state index contributed by atoms with van der Waals surface area (Å²) >= 11 is 14.9. The number of carbonyl (C=O) groups is 3. The van der Waals surface area contributed by atoms with Gasteiger partial charge in [0.15, 0.2) is 0 Å². The Hall–Kier alpha value is -0.188. The van der Waals surface area contributed by atoms with E-state index >= 15 is 0 Å². The third kappa shape index (κ3) is 31.9. The van der Waals surface area contributed by atoms with Gasteiger partial charge in [-0.3, -0.25) is 0 Å². The third-order valence-electron chi connectivity index (χ3n) is 0.974. The van der Waals surface area contributed by atoms with E-state index in [4.69, 9.17) is 34.8 Å². The minimum atomic E-state index is -1.23. The summed E-state index contributed by atoms with van der Waals surface area (Å²) in [5.74, 6) is -3.68. The van der Waals surface area contributed by atoms with Crippen molar-refractivity contribution in [2.45, 2.75) is 36.9 Å². The van der Waals surface area contributed by atoms with Gasteiger partial charge in [-0.1, -0.05) is 0 Å². The van der Waals surface area contributed by atoms with Crippen molar-refractivity contribution >= 4 is 70.1 Å². The van der Waals surface area contributed by atoms with Gasteiger partial charge in [-0.2, -0.15) is 0 Å². The average molecular weight is 350 g/mol. The van der Waals surface area contributed by atoms with Crippen LogP contribution < -0.4 is 15.3 Å². The van der Waals surface area contributed by atoms with Gasteiger partial charge in [-0.15, -0.1) is 34.8 Å². The summed E-state index contributed by atoms with van der Waals surface area (Å²) in [6.07, 6.45) is 0. The summed E-state index contributed by atoms with van der Waals surface area (Å²) in [6, 6.07) is 0. The first-order valence-corrected chi connectivity index (χ1v) is 5.79. The third-order valence-corrected chi connectivity index (χ3v) is 1.51. The minimum absolute atomic E-state index is 0. The molecule has 0 spiro atoms. The molecule has 19 heavy (non-hydrogen) atoms. The summed E-state index contributed by atoms with van der Waals surface area (Å²) < 4.78 is 0. The van der Waals surface area contributed by atoms with Gasteiger partial charge in [0.25, 0.3) is 0 Å². The molecule has 0 radical (unpaired) electrons. The molecule has 0 aliphatic rings. The van der Waals surface area contributed by atoms with Crippen LogP contribution in [0.2, 0.25) is 0 Å². The molecule has 0 fully saturated rings. The van der Waals surface area contributed by atoms with E-state index < -0.39 is 34.0 Å². The Balaban J connectivity index is -0.0000000865. The standard InChI is InChI=1S/3C3H5ClO2.Al/c3*1-2(4)3(5)6;/h3*2H,1H3,(H,5,6);/q;;;+3/p-3. The molecule has 3 unspecified atom stereocenters. The molecule has 0 amide bonds. The van der Waals surface area contributed by atoms with E-state index in [1.54, 1.807) is 0 Å². The van der Waals surface area contributed by atoms with Crippen LogP contribution >= 0.6 is 34.8 Å². The SMILES string of the molecule is CC(Cl)C(=O)[O-].CC(Cl)C(=O)[O-].CC(Cl)C(=O)[O-].[Al+3]. The first-order valence-electron chi connectivity index (χ1n) is 4.48. The molecular formula is C9H12AlCl3O6. The molecular weight excluding hydrogens is 337 g/mol. The van der Waals surface area contributed by atoms with Crippen molar-refractivity contribution in [2.75, 3.05) is 0 Å². The van der Waals surface area contributed by atoms with Crippen LogP contribution in [0.3, 0.4) is 0 Å². The summed E-state index contributed by atoms with van der Waals surface area (Å²) in [4.78, 5) is 28.4. The van der Waals surface area contributed by atoms with Crippen molar-refractivity contribution in [1.29, 1.82) is 0 Å². The van der Waals surface area contributed by atoms with Gasteiger partial charge in [0, 0.05) is 0 Å². The fraction of sp³-hybridized carbons (Fsp3) is 0.667. The maximum atomic E-state index is 9.46. The van der Waals surface area contributed by atoms with E-state index in [1.807, 2.05) is 0 Å². The largest absolute Gasteiger partial charge is 3.00 e. The number of carboxylic acid groups (broad SMARTS) is 3. The van der Waals surface area contributed by atoms with Crippen molar-refractivity contribution in [3.05, 3.63) is 0 Å². The number of hydrogen-bond donors (Lipinski definition) is 0. The van der Waals surface area contributed by atoms with Gasteiger partial charge in [0.2, 0.25) is 0 Å². The number of hydrogen-bond acceptors (Lipinski definition) is 6. The normalized spacial score (nSPS) is 12.9. The Bertz CT molecular complexity index is 228. The quantitative estimate of drug-likeness (QED) is 0.418. The van der Waals surface area contributed by atoms with Crippen molar-refractivity contribution in [2.24, 2.45) is 0 Å². The van der Waals surface area contributed by atoms with E-state index in [9.17, 15) is 29.7 Å². The van der Waals surface area contributed by atoms with Crippen molar-refractivity contribution < 1.29 is 29.7 Å². The van der Waals surface area contributed by atoms with E-state index in [2.05, 4.69) is 0 Å². The molecule has 0 rings (SSSR count). The first kappa shape index (κ1) is 27.2. The molecule has 0 aromatic carbocycles. The van der Waals surface area contributed by atoms with Crippen molar-refractivity contribution in [1.82, 2.24) is 0 Å². The van der Waals surface area contributed by atoms with Crippen LogP contribution in [0.4, 0.5) is 0 Å². The van der Waals surface area contributed by atoms with Gasteiger partial charge >= 0.3 is 17.4 Å². The first-order chi connectivity index (χ1) is 7.93. The topological polar surface area (TPSA) is 120 Å². The second kappa shape index (κ2) is 15.9. The monoisotopic (exact) mass is 348 g/mol. The van der Waals surface area contributed by atoms with E-state index in [1.165, 1.54) is 20.8 Å². The molecule has 0 aliphatic heterocycles.